The maximum atomic E-state index is 13.4. The molecule has 0 aliphatic rings. The van der Waals surface area contributed by atoms with E-state index in [-0.39, 0.29) is 11.3 Å². The van der Waals surface area contributed by atoms with Gasteiger partial charge in [0.15, 0.2) is 17.5 Å². The smallest absolute Gasteiger partial charge is 0.268 e. The second kappa shape index (κ2) is 6.89. The first kappa shape index (κ1) is 17.5. The number of carbonyl (C=O) groups excluding carboxylic acids is 1. The number of aromatic nitrogens is 1. The van der Waals surface area contributed by atoms with Crippen LogP contribution in [0.5, 0.6) is 0 Å². The van der Waals surface area contributed by atoms with Gasteiger partial charge in [0.2, 0.25) is 0 Å². The summed E-state index contributed by atoms with van der Waals surface area (Å²) in [5, 5.41) is 12.7. The molecule has 130 valence electrons. The van der Waals surface area contributed by atoms with E-state index >= 15 is 0 Å². The zero-order valence-corrected chi connectivity index (χ0v) is 14.2. The first-order valence-electron chi connectivity index (χ1n) is 7.23. The van der Waals surface area contributed by atoms with Crippen molar-refractivity contribution in [2.24, 2.45) is 0 Å². The Balaban J connectivity index is 1.86. The van der Waals surface area contributed by atoms with Crippen LogP contribution in [-0.4, -0.2) is 22.6 Å². The molecule has 3 N–H and O–H groups in total. The molecule has 0 saturated heterocycles. The molecule has 0 radical (unpaired) electrons. The van der Waals surface area contributed by atoms with Crippen LogP contribution in [0.3, 0.4) is 0 Å². The maximum absolute atomic E-state index is 13.4. The lowest BCUT2D eigenvalue weighted by atomic mass is 10.1. The fourth-order valence-electron chi connectivity index (χ4n) is 2.47. The number of fused-ring (bicyclic) bond motifs is 1. The van der Waals surface area contributed by atoms with E-state index < -0.39 is 36.0 Å². The predicted octanol–water partition coefficient (Wildman–Crippen LogP) is 3.81. The first-order valence-corrected chi connectivity index (χ1v) is 8.02. The van der Waals surface area contributed by atoms with E-state index in [0.29, 0.717) is 0 Å². The van der Waals surface area contributed by atoms with Crippen LogP contribution in [0.1, 0.15) is 22.1 Å². The average Bonchev–Trinajstić information content (AvgIpc) is 3.00. The van der Waals surface area contributed by atoms with Crippen molar-refractivity contribution in [2.75, 3.05) is 6.61 Å². The second-order valence-corrected chi connectivity index (χ2v) is 6.34. The Hall–Kier alpha value is -2.32. The fraction of sp³-hybridized carbons (Fsp3) is 0.118. The number of aliphatic hydroxyl groups excluding tert-OH is 1. The van der Waals surface area contributed by atoms with Gasteiger partial charge < -0.3 is 15.4 Å². The third kappa shape index (κ3) is 3.54. The van der Waals surface area contributed by atoms with Gasteiger partial charge in [-0.15, -0.1) is 0 Å². The molecule has 0 fully saturated rings. The molecule has 0 spiro atoms. The second-order valence-electron chi connectivity index (χ2n) is 5.42. The van der Waals surface area contributed by atoms with Crippen molar-refractivity contribution in [2.45, 2.75) is 6.04 Å². The Labute approximate surface area is 148 Å². The first-order chi connectivity index (χ1) is 11.9. The summed E-state index contributed by atoms with van der Waals surface area (Å²) in [6.45, 7) is -0.609. The van der Waals surface area contributed by atoms with E-state index in [9.17, 15) is 23.1 Å². The number of amides is 1. The highest BCUT2D eigenvalue weighted by molar-refractivity contribution is 9.10. The lowest BCUT2D eigenvalue weighted by molar-refractivity contribution is 0.0911. The van der Waals surface area contributed by atoms with Crippen molar-refractivity contribution >= 4 is 32.7 Å². The number of rotatable bonds is 4. The Morgan fingerprint density at radius 2 is 1.84 bits per heavy atom. The van der Waals surface area contributed by atoms with Crippen molar-refractivity contribution in [1.29, 1.82) is 0 Å². The average molecular weight is 413 g/mol. The molecule has 0 saturated carbocycles. The van der Waals surface area contributed by atoms with Crippen LogP contribution in [0.15, 0.2) is 40.9 Å². The Morgan fingerprint density at radius 1 is 1.16 bits per heavy atom. The highest BCUT2D eigenvalue weighted by Gasteiger charge is 2.20. The third-order valence-electron chi connectivity index (χ3n) is 3.72. The molecule has 2 aromatic carbocycles. The SMILES string of the molecule is O=C(N[C@H](CO)c1cc(F)c(F)c(F)c1)c1cc2cc(Br)ccc2[nH]1. The molecule has 4 nitrogen and oxygen atoms in total. The van der Waals surface area contributed by atoms with Gasteiger partial charge in [-0.1, -0.05) is 15.9 Å². The number of hydrogen-bond donors (Lipinski definition) is 3. The molecule has 8 heteroatoms. The predicted molar refractivity (Wildman–Crippen MR) is 89.6 cm³/mol. The molecule has 3 aromatic rings. The van der Waals surface area contributed by atoms with Gasteiger partial charge >= 0.3 is 0 Å². The summed E-state index contributed by atoms with van der Waals surface area (Å²) in [6, 6.07) is 7.40. The van der Waals surface area contributed by atoms with Crippen LogP contribution in [0.25, 0.3) is 10.9 Å². The van der Waals surface area contributed by atoms with E-state index in [1.54, 1.807) is 18.2 Å². The summed E-state index contributed by atoms with van der Waals surface area (Å²) in [5.41, 5.74) is 0.869. The number of benzene rings is 2. The van der Waals surface area contributed by atoms with Crippen LogP contribution in [0.2, 0.25) is 0 Å². The molecule has 0 bridgehead atoms. The standard InChI is InChI=1S/C17H12BrF3N2O2/c18-10-1-2-13-8(3-10)6-14(22-13)17(25)23-15(7-24)9-4-11(19)16(21)12(20)5-9/h1-6,15,22,24H,7H2,(H,23,25)/t15-/m1/s1. The minimum Gasteiger partial charge on any atom is -0.394 e. The lowest BCUT2D eigenvalue weighted by Gasteiger charge is -2.16. The van der Waals surface area contributed by atoms with Crippen LogP contribution in [-0.2, 0) is 0 Å². The monoisotopic (exact) mass is 412 g/mol. The van der Waals surface area contributed by atoms with Gasteiger partial charge in [-0.05, 0) is 42.0 Å². The molecule has 1 aromatic heterocycles. The molecule has 1 heterocycles. The van der Waals surface area contributed by atoms with Crippen molar-refractivity contribution in [1.82, 2.24) is 10.3 Å². The van der Waals surface area contributed by atoms with Gasteiger partial charge in [0.25, 0.3) is 5.91 Å². The molecule has 1 atom stereocenters. The van der Waals surface area contributed by atoms with Crippen molar-refractivity contribution in [3.8, 4) is 0 Å². The van der Waals surface area contributed by atoms with Crippen LogP contribution < -0.4 is 5.32 Å². The van der Waals surface area contributed by atoms with Crippen LogP contribution >= 0.6 is 15.9 Å². The van der Waals surface area contributed by atoms with E-state index in [1.807, 2.05) is 6.07 Å². The lowest BCUT2D eigenvalue weighted by Crippen LogP contribution is -2.31. The number of aromatic amines is 1. The topological polar surface area (TPSA) is 65.1 Å². The molecule has 0 aliphatic heterocycles. The number of aliphatic hydroxyl groups is 1. The van der Waals surface area contributed by atoms with E-state index in [0.717, 1.165) is 27.5 Å². The quantitative estimate of drug-likeness (QED) is 0.570. The number of hydrogen-bond acceptors (Lipinski definition) is 2. The molecular weight excluding hydrogens is 401 g/mol. The van der Waals surface area contributed by atoms with Gasteiger partial charge in [-0.25, -0.2) is 13.2 Å². The molecule has 0 aliphatic carbocycles. The molecule has 1 amide bonds. The molecule has 3 rings (SSSR count). The zero-order chi connectivity index (χ0) is 18.1. The Morgan fingerprint density at radius 3 is 2.48 bits per heavy atom. The van der Waals surface area contributed by atoms with Gasteiger partial charge in [0.1, 0.15) is 5.69 Å². The number of nitrogens with one attached hydrogen (secondary N) is 2. The summed E-state index contributed by atoms with van der Waals surface area (Å²) >= 11 is 3.33. The van der Waals surface area contributed by atoms with Crippen molar-refractivity contribution in [3.63, 3.8) is 0 Å². The van der Waals surface area contributed by atoms with E-state index in [2.05, 4.69) is 26.2 Å². The Bertz CT molecular complexity index is 935. The maximum Gasteiger partial charge on any atom is 0.268 e. The zero-order valence-electron chi connectivity index (χ0n) is 12.6. The van der Waals surface area contributed by atoms with Crippen molar-refractivity contribution < 1.29 is 23.1 Å². The number of carbonyl (C=O) groups is 1. The number of H-pyrrole nitrogens is 1. The fourth-order valence-corrected chi connectivity index (χ4v) is 2.85. The van der Waals surface area contributed by atoms with Crippen LogP contribution in [0, 0.1) is 17.5 Å². The third-order valence-corrected chi connectivity index (χ3v) is 4.22. The van der Waals surface area contributed by atoms with Gasteiger partial charge in [0, 0.05) is 15.4 Å². The highest BCUT2D eigenvalue weighted by atomic mass is 79.9. The molecule has 25 heavy (non-hydrogen) atoms. The minimum atomic E-state index is -1.60. The highest BCUT2D eigenvalue weighted by Crippen LogP contribution is 2.22. The minimum absolute atomic E-state index is 0.0777. The summed E-state index contributed by atoms with van der Waals surface area (Å²) in [7, 11) is 0. The summed E-state index contributed by atoms with van der Waals surface area (Å²) in [5.74, 6) is -4.96. The number of halogens is 4. The van der Waals surface area contributed by atoms with Gasteiger partial charge in [-0.2, -0.15) is 0 Å². The summed E-state index contributed by atoms with van der Waals surface area (Å²) in [4.78, 5) is 15.3. The largest absolute Gasteiger partial charge is 0.394 e. The molecule has 0 unspecified atom stereocenters. The van der Waals surface area contributed by atoms with E-state index in [4.69, 9.17) is 0 Å². The summed E-state index contributed by atoms with van der Waals surface area (Å²) < 4.78 is 40.6. The summed E-state index contributed by atoms with van der Waals surface area (Å²) in [6.07, 6.45) is 0. The van der Waals surface area contributed by atoms with Gasteiger partial charge in [0.05, 0.1) is 12.6 Å². The van der Waals surface area contributed by atoms with Gasteiger partial charge in [-0.3, -0.25) is 4.79 Å². The Kier molecular flexibility index (Phi) is 4.82. The van der Waals surface area contributed by atoms with Crippen LogP contribution in [0.4, 0.5) is 13.2 Å². The normalized spacial score (nSPS) is 12.4. The van der Waals surface area contributed by atoms with Crippen molar-refractivity contribution in [3.05, 3.63) is 69.6 Å². The van der Waals surface area contributed by atoms with E-state index in [1.165, 1.54) is 0 Å². The molecular formula is C17H12BrF3N2O2.